The Kier molecular flexibility index (Phi) is 4.45. The number of methoxy groups -OCH3 is 1. The van der Waals surface area contributed by atoms with Crippen molar-refractivity contribution in [2.45, 2.75) is 6.42 Å². The molecular formula is C11H14N2O2. The fourth-order valence-electron chi connectivity index (χ4n) is 1.12. The third-order valence-corrected chi connectivity index (χ3v) is 1.90. The van der Waals surface area contributed by atoms with Gasteiger partial charge in [-0.1, -0.05) is 0 Å². The van der Waals surface area contributed by atoms with Gasteiger partial charge in [-0.25, -0.2) is 0 Å². The predicted molar refractivity (Wildman–Crippen MR) is 56.9 cm³/mol. The molecule has 4 nitrogen and oxygen atoms in total. The Labute approximate surface area is 89.2 Å². The standard InChI is InChI=1S/C11H14N2O2/c1-14-10-4-3-9(8-13)7-11(10)15-6-2-5-12/h3-4,7H,2,5-6,12H2,1H3. The van der Waals surface area contributed by atoms with Gasteiger partial charge in [0.2, 0.25) is 0 Å². The molecular weight excluding hydrogens is 192 g/mol. The molecule has 0 fully saturated rings. The van der Waals surface area contributed by atoms with Crippen molar-refractivity contribution < 1.29 is 9.47 Å². The van der Waals surface area contributed by atoms with Crippen LogP contribution in [0.4, 0.5) is 0 Å². The minimum Gasteiger partial charge on any atom is -0.493 e. The van der Waals surface area contributed by atoms with E-state index in [-0.39, 0.29) is 0 Å². The Morgan fingerprint density at radius 1 is 1.40 bits per heavy atom. The average molecular weight is 206 g/mol. The van der Waals surface area contributed by atoms with E-state index < -0.39 is 0 Å². The molecule has 0 saturated carbocycles. The maximum Gasteiger partial charge on any atom is 0.162 e. The van der Waals surface area contributed by atoms with E-state index in [0.29, 0.717) is 30.2 Å². The van der Waals surface area contributed by atoms with Crippen molar-refractivity contribution in [3.05, 3.63) is 23.8 Å². The van der Waals surface area contributed by atoms with Crippen LogP contribution >= 0.6 is 0 Å². The topological polar surface area (TPSA) is 68.3 Å². The summed E-state index contributed by atoms with van der Waals surface area (Å²) in [6.07, 6.45) is 0.778. The minimum atomic E-state index is 0.530. The van der Waals surface area contributed by atoms with Crippen LogP contribution in [0.2, 0.25) is 0 Å². The number of nitrogens with two attached hydrogens (primary N) is 1. The number of ether oxygens (including phenoxy) is 2. The Hall–Kier alpha value is -1.73. The summed E-state index contributed by atoms with van der Waals surface area (Å²) in [6.45, 7) is 1.11. The Morgan fingerprint density at radius 2 is 2.20 bits per heavy atom. The average Bonchev–Trinajstić information content (AvgIpc) is 2.29. The Morgan fingerprint density at radius 3 is 2.80 bits per heavy atom. The highest BCUT2D eigenvalue weighted by Crippen LogP contribution is 2.27. The molecule has 0 spiro atoms. The van der Waals surface area contributed by atoms with Crippen molar-refractivity contribution in [1.82, 2.24) is 0 Å². The summed E-state index contributed by atoms with van der Waals surface area (Å²) in [4.78, 5) is 0. The van der Waals surface area contributed by atoms with Crippen LogP contribution in [0, 0.1) is 11.3 Å². The third kappa shape index (κ3) is 3.15. The molecule has 15 heavy (non-hydrogen) atoms. The lowest BCUT2D eigenvalue weighted by molar-refractivity contribution is 0.291. The first-order valence-corrected chi connectivity index (χ1v) is 4.73. The summed E-state index contributed by atoms with van der Waals surface area (Å²) in [5, 5.41) is 8.73. The minimum absolute atomic E-state index is 0.530. The molecule has 0 unspecified atom stereocenters. The summed E-state index contributed by atoms with van der Waals surface area (Å²) < 4.78 is 10.6. The first-order valence-electron chi connectivity index (χ1n) is 4.73. The number of hydrogen-bond donors (Lipinski definition) is 1. The molecule has 2 N–H and O–H groups in total. The Bertz CT molecular complexity index is 358. The number of nitriles is 1. The summed E-state index contributed by atoms with van der Waals surface area (Å²) in [7, 11) is 1.57. The monoisotopic (exact) mass is 206 g/mol. The zero-order chi connectivity index (χ0) is 11.1. The van der Waals surface area contributed by atoms with Gasteiger partial charge < -0.3 is 15.2 Å². The first-order chi connectivity index (χ1) is 7.31. The highest BCUT2D eigenvalue weighted by Gasteiger charge is 2.04. The lowest BCUT2D eigenvalue weighted by Crippen LogP contribution is -2.06. The fraction of sp³-hybridized carbons (Fsp3) is 0.364. The second kappa shape index (κ2) is 5.89. The van der Waals surface area contributed by atoms with E-state index in [1.165, 1.54) is 0 Å². The molecule has 0 aliphatic heterocycles. The van der Waals surface area contributed by atoms with Crippen molar-refractivity contribution in [2.75, 3.05) is 20.3 Å². The second-order valence-corrected chi connectivity index (χ2v) is 2.97. The van der Waals surface area contributed by atoms with Gasteiger partial charge in [0.25, 0.3) is 0 Å². The van der Waals surface area contributed by atoms with Crippen LogP contribution < -0.4 is 15.2 Å². The van der Waals surface area contributed by atoms with Crippen LogP contribution in [0.25, 0.3) is 0 Å². The first kappa shape index (κ1) is 11.3. The summed E-state index contributed by atoms with van der Waals surface area (Å²) in [6, 6.07) is 7.12. The van der Waals surface area contributed by atoms with Crippen LogP contribution in [0.15, 0.2) is 18.2 Å². The third-order valence-electron chi connectivity index (χ3n) is 1.90. The quantitative estimate of drug-likeness (QED) is 0.737. The molecule has 80 valence electrons. The highest BCUT2D eigenvalue weighted by atomic mass is 16.5. The van der Waals surface area contributed by atoms with E-state index in [2.05, 4.69) is 0 Å². The molecule has 1 rings (SSSR count). The van der Waals surface area contributed by atoms with Crippen LogP contribution in [-0.4, -0.2) is 20.3 Å². The van der Waals surface area contributed by atoms with Gasteiger partial charge in [0, 0.05) is 6.07 Å². The highest BCUT2D eigenvalue weighted by molar-refractivity contribution is 5.46. The molecule has 1 aromatic carbocycles. The summed E-state index contributed by atoms with van der Waals surface area (Å²) in [5.41, 5.74) is 5.91. The second-order valence-electron chi connectivity index (χ2n) is 2.97. The van der Waals surface area contributed by atoms with Crippen molar-refractivity contribution in [1.29, 1.82) is 5.26 Å². The molecule has 0 aromatic heterocycles. The van der Waals surface area contributed by atoms with Gasteiger partial charge >= 0.3 is 0 Å². The normalized spacial score (nSPS) is 9.40. The molecule has 0 atom stereocenters. The van der Waals surface area contributed by atoms with Crippen molar-refractivity contribution in [2.24, 2.45) is 5.73 Å². The van der Waals surface area contributed by atoms with Gasteiger partial charge in [0.05, 0.1) is 25.3 Å². The van der Waals surface area contributed by atoms with E-state index in [0.717, 1.165) is 6.42 Å². The maximum atomic E-state index is 8.73. The molecule has 0 bridgehead atoms. The molecule has 4 heteroatoms. The maximum absolute atomic E-state index is 8.73. The van der Waals surface area contributed by atoms with Gasteiger partial charge in [-0.15, -0.1) is 0 Å². The predicted octanol–water partition coefficient (Wildman–Crippen LogP) is 1.29. The molecule has 0 radical (unpaired) electrons. The van der Waals surface area contributed by atoms with Gasteiger partial charge in [0.1, 0.15) is 0 Å². The van der Waals surface area contributed by atoms with Gasteiger partial charge in [-0.3, -0.25) is 0 Å². The summed E-state index contributed by atoms with van der Waals surface area (Å²) in [5.74, 6) is 1.22. The van der Waals surface area contributed by atoms with Gasteiger partial charge in [-0.2, -0.15) is 5.26 Å². The fourth-order valence-corrected chi connectivity index (χ4v) is 1.12. The number of hydrogen-bond acceptors (Lipinski definition) is 4. The van der Waals surface area contributed by atoms with Crippen molar-refractivity contribution >= 4 is 0 Å². The van der Waals surface area contributed by atoms with E-state index in [1.54, 1.807) is 25.3 Å². The van der Waals surface area contributed by atoms with Gasteiger partial charge in [-0.05, 0) is 25.1 Å². The number of nitrogens with zero attached hydrogens (tertiary/aromatic N) is 1. The van der Waals surface area contributed by atoms with Crippen LogP contribution in [-0.2, 0) is 0 Å². The van der Waals surface area contributed by atoms with Crippen molar-refractivity contribution in [3.8, 4) is 17.6 Å². The molecule has 0 aliphatic carbocycles. The molecule has 0 aliphatic rings. The van der Waals surface area contributed by atoms with Gasteiger partial charge in [0.15, 0.2) is 11.5 Å². The largest absolute Gasteiger partial charge is 0.493 e. The molecule has 0 saturated heterocycles. The van der Waals surface area contributed by atoms with Crippen LogP contribution in [0.3, 0.4) is 0 Å². The number of rotatable bonds is 5. The van der Waals surface area contributed by atoms with E-state index in [9.17, 15) is 0 Å². The number of benzene rings is 1. The smallest absolute Gasteiger partial charge is 0.162 e. The molecule has 0 amide bonds. The molecule has 1 aromatic rings. The van der Waals surface area contributed by atoms with Crippen LogP contribution in [0.1, 0.15) is 12.0 Å². The van der Waals surface area contributed by atoms with E-state index >= 15 is 0 Å². The Balaban J connectivity index is 2.78. The zero-order valence-electron chi connectivity index (χ0n) is 8.69. The van der Waals surface area contributed by atoms with Crippen molar-refractivity contribution in [3.63, 3.8) is 0 Å². The lowest BCUT2D eigenvalue weighted by atomic mass is 10.2. The van der Waals surface area contributed by atoms with E-state index in [4.69, 9.17) is 20.5 Å². The molecule has 0 heterocycles. The SMILES string of the molecule is COc1ccc(C#N)cc1OCCCN. The van der Waals surface area contributed by atoms with Crippen LogP contribution in [0.5, 0.6) is 11.5 Å². The van der Waals surface area contributed by atoms with E-state index in [1.807, 2.05) is 6.07 Å². The lowest BCUT2D eigenvalue weighted by Gasteiger charge is -2.10. The summed E-state index contributed by atoms with van der Waals surface area (Å²) >= 11 is 0. The zero-order valence-corrected chi connectivity index (χ0v) is 8.69.